The molecule has 0 bridgehead atoms. The van der Waals surface area contributed by atoms with Crippen LogP contribution in [-0.2, 0) is 13.1 Å². The van der Waals surface area contributed by atoms with Crippen molar-refractivity contribution in [2.45, 2.75) is 64.3 Å². The number of rotatable bonds is 5. The first-order valence-electron chi connectivity index (χ1n) is 7.29. The largest absolute Gasteiger partial charge is 0.391 e. The molecule has 6 heteroatoms. The fourth-order valence-corrected chi connectivity index (χ4v) is 2.86. The zero-order valence-corrected chi connectivity index (χ0v) is 11.8. The maximum absolute atomic E-state index is 12.8. The van der Waals surface area contributed by atoms with Gasteiger partial charge in [0.25, 0.3) is 0 Å². The minimum atomic E-state index is -4.05. The average molecular weight is 289 g/mol. The number of hydrogen-bond acceptors (Lipinski definition) is 2. The van der Waals surface area contributed by atoms with E-state index in [-0.39, 0.29) is 18.9 Å². The molecule has 1 aromatic heterocycles. The number of imidazole rings is 1. The Hall–Kier alpha value is -1.04. The number of halogens is 3. The first kappa shape index (κ1) is 15.4. The molecule has 0 saturated heterocycles. The number of alkyl halides is 3. The minimum Gasteiger partial charge on any atom is -0.333 e. The van der Waals surface area contributed by atoms with Crippen molar-refractivity contribution in [1.29, 1.82) is 0 Å². The van der Waals surface area contributed by atoms with Crippen molar-refractivity contribution in [3.05, 3.63) is 18.2 Å². The lowest BCUT2D eigenvalue weighted by molar-refractivity contribution is -0.183. The molecule has 0 amide bonds. The van der Waals surface area contributed by atoms with Gasteiger partial charge in [-0.25, -0.2) is 4.98 Å². The van der Waals surface area contributed by atoms with Gasteiger partial charge in [0.05, 0.1) is 17.9 Å². The van der Waals surface area contributed by atoms with Crippen molar-refractivity contribution in [3.8, 4) is 0 Å². The van der Waals surface area contributed by atoms with Crippen LogP contribution in [0.5, 0.6) is 0 Å². The summed E-state index contributed by atoms with van der Waals surface area (Å²) in [7, 11) is 0. The average Bonchev–Trinajstić information content (AvgIpc) is 2.84. The molecule has 1 heterocycles. The monoisotopic (exact) mass is 289 g/mol. The predicted octanol–water partition coefficient (Wildman–Crippen LogP) is 3.50. The molecule has 1 aliphatic rings. The lowest BCUT2D eigenvalue weighted by atomic mass is 9.85. The fourth-order valence-electron chi connectivity index (χ4n) is 2.86. The van der Waals surface area contributed by atoms with Crippen molar-refractivity contribution in [3.63, 3.8) is 0 Å². The predicted molar refractivity (Wildman–Crippen MR) is 71.2 cm³/mol. The Balaban J connectivity index is 1.86. The van der Waals surface area contributed by atoms with Crippen LogP contribution < -0.4 is 5.32 Å². The molecule has 2 atom stereocenters. The molecule has 0 aromatic carbocycles. The molecule has 1 saturated carbocycles. The van der Waals surface area contributed by atoms with E-state index in [9.17, 15) is 13.2 Å². The molecule has 0 aliphatic heterocycles. The SMILES string of the molecule is CCCn1cncc1CNC1CCCC(C(F)(F)F)C1. The van der Waals surface area contributed by atoms with Crippen molar-refractivity contribution < 1.29 is 13.2 Å². The van der Waals surface area contributed by atoms with Gasteiger partial charge in [-0.1, -0.05) is 13.3 Å². The summed E-state index contributed by atoms with van der Waals surface area (Å²) in [5.74, 6) is -1.14. The zero-order chi connectivity index (χ0) is 14.6. The van der Waals surface area contributed by atoms with Crippen molar-refractivity contribution in [2.24, 2.45) is 5.92 Å². The lowest BCUT2D eigenvalue weighted by Gasteiger charge is -2.31. The number of nitrogens with zero attached hydrogens (tertiary/aromatic N) is 2. The summed E-state index contributed by atoms with van der Waals surface area (Å²) in [6.07, 6.45) is 2.48. The van der Waals surface area contributed by atoms with Crippen molar-refractivity contribution in [1.82, 2.24) is 14.9 Å². The summed E-state index contributed by atoms with van der Waals surface area (Å²) in [5, 5.41) is 3.26. The first-order chi connectivity index (χ1) is 9.50. The number of nitrogens with one attached hydrogen (secondary N) is 1. The first-order valence-corrected chi connectivity index (χ1v) is 7.29. The number of aromatic nitrogens is 2. The molecule has 1 fully saturated rings. The molecule has 114 valence electrons. The molecule has 2 rings (SSSR count). The van der Waals surface area contributed by atoms with Gasteiger partial charge in [0.2, 0.25) is 0 Å². The van der Waals surface area contributed by atoms with Crippen LogP contribution in [0.4, 0.5) is 13.2 Å². The quantitative estimate of drug-likeness (QED) is 0.899. The van der Waals surface area contributed by atoms with Crippen LogP contribution >= 0.6 is 0 Å². The standard InChI is InChI=1S/C14H22F3N3/c1-2-6-20-10-18-8-13(20)9-19-12-5-3-4-11(7-12)14(15,16)17/h8,10-12,19H,2-7,9H2,1H3. The number of aryl methyl sites for hydroxylation is 1. The Morgan fingerprint density at radius 3 is 2.90 bits per heavy atom. The minimum absolute atomic E-state index is 0.0413. The molecule has 1 aromatic rings. The Labute approximate surface area is 117 Å². The van der Waals surface area contributed by atoms with Gasteiger partial charge in [-0.3, -0.25) is 0 Å². The highest BCUT2D eigenvalue weighted by Crippen LogP contribution is 2.37. The maximum atomic E-state index is 12.8. The fraction of sp³-hybridized carbons (Fsp3) is 0.786. The van der Waals surface area contributed by atoms with Crippen LogP contribution in [0, 0.1) is 5.92 Å². The van der Waals surface area contributed by atoms with Gasteiger partial charge in [0.15, 0.2) is 0 Å². The Morgan fingerprint density at radius 2 is 2.20 bits per heavy atom. The molecular formula is C14H22F3N3. The van der Waals surface area contributed by atoms with E-state index in [0.717, 1.165) is 25.1 Å². The summed E-state index contributed by atoms with van der Waals surface area (Å²) in [4.78, 5) is 4.10. The van der Waals surface area contributed by atoms with E-state index in [2.05, 4.69) is 21.8 Å². The van der Waals surface area contributed by atoms with Gasteiger partial charge in [0, 0.05) is 25.3 Å². The third-order valence-electron chi connectivity index (χ3n) is 3.97. The summed E-state index contributed by atoms with van der Waals surface area (Å²) in [6.45, 7) is 3.58. The van der Waals surface area contributed by atoms with E-state index >= 15 is 0 Å². The zero-order valence-electron chi connectivity index (χ0n) is 11.8. The molecule has 0 spiro atoms. The van der Waals surface area contributed by atoms with Crippen LogP contribution in [0.15, 0.2) is 12.5 Å². The normalized spacial score (nSPS) is 24.0. The van der Waals surface area contributed by atoms with E-state index in [1.54, 1.807) is 12.5 Å². The van der Waals surface area contributed by atoms with E-state index in [0.29, 0.717) is 13.0 Å². The summed E-state index contributed by atoms with van der Waals surface area (Å²) in [6, 6.07) is -0.0413. The Kier molecular flexibility index (Phi) is 5.07. The molecule has 2 unspecified atom stereocenters. The highest BCUT2D eigenvalue weighted by molar-refractivity contribution is 4.98. The molecule has 3 nitrogen and oxygen atoms in total. The van der Waals surface area contributed by atoms with E-state index < -0.39 is 12.1 Å². The smallest absolute Gasteiger partial charge is 0.333 e. The second kappa shape index (κ2) is 6.61. The highest BCUT2D eigenvalue weighted by Gasteiger charge is 2.41. The third kappa shape index (κ3) is 3.98. The third-order valence-corrected chi connectivity index (χ3v) is 3.97. The summed E-state index contributed by atoms with van der Waals surface area (Å²) in [5.41, 5.74) is 1.04. The second-order valence-corrected chi connectivity index (χ2v) is 5.56. The van der Waals surface area contributed by atoms with Gasteiger partial charge in [-0.05, 0) is 25.7 Å². The lowest BCUT2D eigenvalue weighted by Crippen LogP contribution is -2.38. The molecule has 1 N–H and O–H groups in total. The van der Waals surface area contributed by atoms with Crippen LogP contribution in [0.1, 0.15) is 44.7 Å². The van der Waals surface area contributed by atoms with Crippen LogP contribution in [0.2, 0.25) is 0 Å². The number of hydrogen-bond donors (Lipinski definition) is 1. The van der Waals surface area contributed by atoms with Gasteiger partial charge < -0.3 is 9.88 Å². The van der Waals surface area contributed by atoms with Crippen molar-refractivity contribution >= 4 is 0 Å². The molecule has 0 radical (unpaired) electrons. The van der Waals surface area contributed by atoms with Crippen LogP contribution in [-0.4, -0.2) is 21.8 Å². The van der Waals surface area contributed by atoms with Crippen molar-refractivity contribution in [2.75, 3.05) is 0 Å². The van der Waals surface area contributed by atoms with E-state index in [1.165, 1.54) is 0 Å². The highest BCUT2D eigenvalue weighted by atomic mass is 19.4. The Bertz CT molecular complexity index is 414. The van der Waals surface area contributed by atoms with Crippen LogP contribution in [0.25, 0.3) is 0 Å². The maximum Gasteiger partial charge on any atom is 0.391 e. The van der Waals surface area contributed by atoms with Gasteiger partial charge in [-0.15, -0.1) is 0 Å². The molecular weight excluding hydrogens is 267 g/mol. The molecule has 1 aliphatic carbocycles. The van der Waals surface area contributed by atoms with Gasteiger partial charge in [0.1, 0.15) is 0 Å². The van der Waals surface area contributed by atoms with Gasteiger partial charge in [-0.2, -0.15) is 13.2 Å². The summed E-state index contributed by atoms with van der Waals surface area (Å²) >= 11 is 0. The molecule has 20 heavy (non-hydrogen) atoms. The van der Waals surface area contributed by atoms with Crippen LogP contribution in [0.3, 0.4) is 0 Å². The van der Waals surface area contributed by atoms with Gasteiger partial charge >= 0.3 is 6.18 Å². The van der Waals surface area contributed by atoms with E-state index in [4.69, 9.17) is 0 Å². The second-order valence-electron chi connectivity index (χ2n) is 5.56. The Morgan fingerprint density at radius 1 is 1.40 bits per heavy atom. The van der Waals surface area contributed by atoms with E-state index in [1.807, 2.05) is 0 Å². The topological polar surface area (TPSA) is 29.9 Å². The summed E-state index contributed by atoms with van der Waals surface area (Å²) < 4.78 is 40.3.